The van der Waals surface area contributed by atoms with Gasteiger partial charge in [-0.25, -0.2) is 13.4 Å². The van der Waals surface area contributed by atoms with Gasteiger partial charge in [0.1, 0.15) is 0 Å². The molecule has 0 fully saturated rings. The van der Waals surface area contributed by atoms with Gasteiger partial charge in [0.05, 0.1) is 20.9 Å². The standard InChI is InChI=1S/C24H22N2O3S3/c27-23(25-15-6-16-32(28,29)20-7-2-1-3-8-20)19-13-11-18(12-14-19)17-30-24-26-21-9-4-5-10-22(21)31-24/h1-5,7-14H,6,15-17H2,(H,25,27). The van der Waals surface area contributed by atoms with Crippen molar-refractivity contribution in [2.75, 3.05) is 12.3 Å². The highest BCUT2D eigenvalue weighted by Gasteiger charge is 2.13. The average Bonchev–Trinajstić information content (AvgIpc) is 3.24. The first kappa shape index (κ1) is 22.5. The molecule has 0 aliphatic carbocycles. The third kappa shape index (κ3) is 5.76. The molecule has 1 aromatic heterocycles. The van der Waals surface area contributed by atoms with E-state index in [1.807, 2.05) is 30.3 Å². The summed E-state index contributed by atoms with van der Waals surface area (Å²) in [5.41, 5.74) is 2.69. The summed E-state index contributed by atoms with van der Waals surface area (Å²) in [6, 6.07) is 23.9. The maximum absolute atomic E-state index is 12.4. The number of carbonyl (C=O) groups is 1. The van der Waals surface area contributed by atoms with Crippen LogP contribution in [-0.4, -0.2) is 31.6 Å². The van der Waals surface area contributed by atoms with Crippen LogP contribution in [0.1, 0.15) is 22.3 Å². The molecule has 0 aliphatic heterocycles. The lowest BCUT2D eigenvalue weighted by Crippen LogP contribution is -2.26. The molecule has 0 saturated carbocycles. The van der Waals surface area contributed by atoms with E-state index >= 15 is 0 Å². The van der Waals surface area contributed by atoms with E-state index in [4.69, 9.17) is 0 Å². The summed E-state index contributed by atoms with van der Waals surface area (Å²) in [6.07, 6.45) is 0.361. The van der Waals surface area contributed by atoms with E-state index in [1.165, 1.54) is 4.70 Å². The molecule has 5 nitrogen and oxygen atoms in total. The van der Waals surface area contributed by atoms with Gasteiger partial charge in [-0.3, -0.25) is 4.79 Å². The van der Waals surface area contributed by atoms with E-state index in [2.05, 4.69) is 16.4 Å². The van der Waals surface area contributed by atoms with Gasteiger partial charge < -0.3 is 5.32 Å². The Kier molecular flexibility index (Phi) is 7.24. The van der Waals surface area contributed by atoms with E-state index < -0.39 is 9.84 Å². The van der Waals surface area contributed by atoms with Gasteiger partial charge in [0.15, 0.2) is 14.2 Å². The minimum atomic E-state index is -3.32. The van der Waals surface area contributed by atoms with E-state index in [-0.39, 0.29) is 11.7 Å². The van der Waals surface area contributed by atoms with Crippen LogP contribution in [0.5, 0.6) is 0 Å². The van der Waals surface area contributed by atoms with Crippen molar-refractivity contribution < 1.29 is 13.2 Å². The minimum Gasteiger partial charge on any atom is -0.352 e. The second kappa shape index (κ2) is 10.3. The molecule has 0 radical (unpaired) electrons. The van der Waals surface area contributed by atoms with Gasteiger partial charge in [-0.2, -0.15) is 0 Å². The van der Waals surface area contributed by atoms with E-state index in [0.717, 1.165) is 21.2 Å². The zero-order chi connectivity index (χ0) is 22.4. The molecule has 4 aromatic rings. The molecule has 3 aromatic carbocycles. The molecule has 0 spiro atoms. The first-order valence-corrected chi connectivity index (χ1v) is 13.6. The number of hydrogen-bond acceptors (Lipinski definition) is 6. The number of fused-ring (bicyclic) bond motifs is 1. The fourth-order valence-electron chi connectivity index (χ4n) is 3.12. The largest absolute Gasteiger partial charge is 0.352 e. The third-order valence-electron chi connectivity index (χ3n) is 4.83. The van der Waals surface area contributed by atoms with Crippen molar-refractivity contribution in [1.29, 1.82) is 0 Å². The fraction of sp³-hybridized carbons (Fsp3) is 0.167. The van der Waals surface area contributed by atoms with Crippen LogP contribution in [0.3, 0.4) is 0 Å². The average molecular weight is 483 g/mol. The smallest absolute Gasteiger partial charge is 0.251 e. The van der Waals surface area contributed by atoms with Crippen LogP contribution in [0.15, 0.2) is 88.1 Å². The van der Waals surface area contributed by atoms with Crippen LogP contribution in [0, 0.1) is 0 Å². The normalized spacial score (nSPS) is 11.5. The number of sulfone groups is 1. The summed E-state index contributed by atoms with van der Waals surface area (Å²) >= 11 is 3.36. The molecule has 0 saturated heterocycles. The predicted molar refractivity (Wildman–Crippen MR) is 131 cm³/mol. The zero-order valence-corrected chi connectivity index (χ0v) is 19.7. The Bertz CT molecular complexity index is 1270. The Morgan fingerprint density at radius 1 is 0.938 bits per heavy atom. The van der Waals surface area contributed by atoms with Crippen LogP contribution >= 0.6 is 23.1 Å². The SMILES string of the molecule is O=C(NCCCS(=O)(=O)c1ccccc1)c1ccc(CSc2nc3ccccc3s2)cc1. The van der Waals surface area contributed by atoms with Gasteiger partial charge in [-0.1, -0.05) is 54.2 Å². The van der Waals surface area contributed by atoms with Crippen LogP contribution in [-0.2, 0) is 15.6 Å². The monoisotopic (exact) mass is 482 g/mol. The molecule has 4 rings (SSSR count). The number of rotatable bonds is 9. The first-order chi connectivity index (χ1) is 15.5. The zero-order valence-electron chi connectivity index (χ0n) is 17.2. The van der Waals surface area contributed by atoms with Gasteiger partial charge >= 0.3 is 0 Å². The predicted octanol–water partition coefficient (Wildman–Crippen LogP) is 5.18. The number of hydrogen-bond donors (Lipinski definition) is 1. The number of amides is 1. The van der Waals surface area contributed by atoms with E-state index in [9.17, 15) is 13.2 Å². The van der Waals surface area contributed by atoms with Crippen molar-refractivity contribution in [2.45, 2.75) is 21.4 Å². The number of thioether (sulfide) groups is 1. The third-order valence-corrected chi connectivity index (χ3v) is 8.90. The second-order valence-electron chi connectivity index (χ2n) is 7.17. The maximum Gasteiger partial charge on any atom is 0.251 e. The Hall–Kier alpha value is -2.68. The Morgan fingerprint density at radius 2 is 1.66 bits per heavy atom. The van der Waals surface area contributed by atoms with Crippen molar-refractivity contribution in [3.05, 3.63) is 90.0 Å². The summed E-state index contributed by atoms with van der Waals surface area (Å²) in [6.45, 7) is 0.306. The Labute approximate surface area is 195 Å². The quantitative estimate of drug-likeness (QED) is 0.263. The molecular weight excluding hydrogens is 460 g/mol. The highest BCUT2D eigenvalue weighted by Crippen LogP contribution is 2.31. The molecule has 8 heteroatoms. The number of nitrogens with zero attached hydrogens (tertiary/aromatic N) is 1. The molecule has 32 heavy (non-hydrogen) atoms. The molecule has 1 heterocycles. The molecule has 1 amide bonds. The number of para-hydroxylation sites is 1. The summed E-state index contributed by atoms with van der Waals surface area (Å²) in [4.78, 5) is 17.3. The fourth-order valence-corrected chi connectivity index (χ4v) is 6.48. The van der Waals surface area contributed by atoms with Crippen molar-refractivity contribution >= 4 is 49.1 Å². The minimum absolute atomic E-state index is 0.000773. The maximum atomic E-state index is 12.4. The lowest BCUT2D eigenvalue weighted by molar-refractivity contribution is 0.0953. The highest BCUT2D eigenvalue weighted by molar-refractivity contribution is 8.00. The van der Waals surface area contributed by atoms with Gasteiger partial charge in [0.25, 0.3) is 5.91 Å². The highest BCUT2D eigenvalue weighted by atomic mass is 32.2. The Morgan fingerprint density at radius 3 is 2.41 bits per heavy atom. The van der Waals surface area contributed by atoms with Crippen molar-refractivity contribution in [3.63, 3.8) is 0 Å². The molecule has 0 bridgehead atoms. The van der Waals surface area contributed by atoms with Crippen molar-refractivity contribution in [3.8, 4) is 0 Å². The number of thiazole rings is 1. The number of carbonyl (C=O) groups excluding carboxylic acids is 1. The van der Waals surface area contributed by atoms with Crippen LogP contribution in [0.25, 0.3) is 10.2 Å². The van der Waals surface area contributed by atoms with Gasteiger partial charge in [-0.05, 0) is 48.4 Å². The second-order valence-corrected chi connectivity index (χ2v) is 11.5. The number of nitrogens with one attached hydrogen (secondary N) is 1. The van der Waals surface area contributed by atoms with Crippen LogP contribution < -0.4 is 5.32 Å². The van der Waals surface area contributed by atoms with Gasteiger partial charge in [0, 0.05) is 17.9 Å². The topological polar surface area (TPSA) is 76.1 Å². The summed E-state index contributed by atoms with van der Waals surface area (Å²) in [5.74, 6) is 0.575. The number of benzene rings is 3. The molecule has 0 aliphatic rings. The summed E-state index contributed by atoms with van der Waals surface area (Å²) in [7, 11) is -3.32. The molecule has 0 unspecified atom stereocenters. The van der Waals surface area contributed by atoms with Crippen molar-refractivity contribution in [1.82, 2.24) is 10.3 Å². The van der Waals surface area contributed by atoms with Crippen LogP contribution in [0.4, 0.5) is 0 Å². The number of aromatic nitrogens is 1. The Balaban J connectivity index is 1.24. The van der Waals surface area contributed by atoms with Gasteiger partial charge in [0.2, 0.25) is 0 Å². The first-order valence-electron chi connectivity index (χ1n) is 10.1. The molecule has 1 N–H and O–H groups in total. The lowest BCUT2D eigenvalue weighted by atomic mass is 10.1. The summed E-state index contributed by atoms with van der Waals surface area (Å²) in [5, 5.41) is 2.80. The van der Waals surface area contributed by atoms with Gasteiger partial charge in [-0.15, -0.1) is 11.3 Å². The van der Waals surface area contributed by atoms with E-state index in [0.29, 0.717) is 23.4 Å². The summed E-state index contributed by atoms with van der Waals surface area (Å²) < 4.78 is 26.8. The molecule has 164 valence electrons. The molecule has 0 atom stereocenters. The lowest BCUT2D eigenvalue weighted by Gasteiger charge is -2.07. The van der Waals surface area contributed by atoms with E-state index in [1.54, 1.807) is 65.6 Å². The van der Waals surface area contributed by atoms with Crippen LogP contribution in [0.2, 0.25) is 0 Å². The van der Waals surface area contributed by atoms with Crippen molar-refractivity contribution in [2.24, 2.45) is 0 Å². The molecular formula is C24H22N2O3S3.